The number of nitrogens with zero attached hydrogens (tertiary/aromatic N) is 2. The predicted molar refractivity (Wildman–Crippen MR) is 92.8 cm³/mol. The van der Waals surface area contributed by atoms with Crippen molar-refractivity contribution in [2.45, 2.75) is 6.42 Å². The number of pyridine rings is 1. The van der Waals surface area contributed by atoms with Gasteiger partial charge in [-0.2, -0.15) is 0 Å². The van der Waals surface area contributed by atoms with Crippen LogP contribution in [0.3, 0.4) is 0 Å². The lowest BCUT2D eigenvalue weighted by molar-refractivity contribution is -0.136. The maximum absolute atomic E-state index is 11.0. The third-order valence-electron chi connectivity index (χ3n) is 3.90. The van der Waals surface area contributed by atoms with Gasteiger partial charge >= 0.3 is 5.97 Å². The second kappa shape index (κ2) is 6.08. The molecule has 0 unspecified atom stereocenters. The Labute approximate surface area is 135 Å². The molecule has 3 rings (SSSR count). The predicted octanol–water partition coefficient (Wildman–Crippen LogP) is 3.59. The highest BCUT2D eigenvalue weighted by Gasteiger charge is 2.10. The van der Waals surface area contributed by atoms with Gasteiger partial charge in [-0.1, -0.05) is 30.3 Å². The van der Waals surface area contributed by atoms with Crippen LogP contribution in [0.4, 0.5) is 5.69 Å². The number of aliphatic carboxylic acids is 1. The van der Waals surface area contributed by atoms with Gasteiger partial charge in [0, 0.05) is 36.9 Å². The molecule has 0 aliphatic rings. The summed E-state index contributed by atoms with van der Waals surface area (Å²) in [7, 11) is 4.01. The zero-order valence-corrected chi connectivity index (χ0v) is 13.2. The van der Waals surface area contributed by atoms with Crippen LogP contribution in [0.15, 0.2) is 54.7 Å². The van der Waals surface area contributed by atoms with E-state index in [-0.39, 0.29) is 6.42 Å². The van der Waals surface area contributed by atoms with Gasteiger partial charge in [0.1, 0.15) is 0 Å². The van der Waals surface area contributed by atoms with E-state index >= 15 is 0 Å². The molecule has 4 heteroatoms. The molecule has 0 spiro atoms. The number of hydrogen-bond acceptors (Lipinski definition) is 3. The lowest BCUT2D eigenvalue weighted by Crippen LogP contribution is -2.07. The SMILES string of the molecule is CN(C)c1ccc(-c2nccc3c(CC(=O)O)cccc23)cc1. The van der Waals surface area contributed by atoms with Crippen LogP contribution in [0.5, 0.6) is 0 Å². The van der Waals surface area contributed by atoms with Crippen molar-refractivity contribution in [1.82, 2.24) is 4.98 Å². The average molecular weight is 306 g/mol. The number of benzene rings is 2. The van der Waals surface area contributed by atoms with Crippen molar-refractivity contribution in [3.63, 3.8) is 0 Å². The second-order valence-corrected chi connectivity index (χ2v) is 5.68. The molecule has 0 fully saturated rings. The van der Waals surface area contributed by atoms with Crippen molar-refractivity contribution >= 4 is 22.4 Å². The lowest BCUT2D eigenvalue weighted by atomic mass is 9.99. The highest BCUT2D eigenvalue weighted by atomic mass is 16.4. The first-order chi connectivity index (χ1) is 11.1. The summed E-state index contributed by atoms with van der Waals surface area (Å²) in [5.74, 6) is -0.828. The number of carboxylic acids is 1. The molecule has 0 aliphatic heterocycles. The molecule has 0 saturated heterocycles. The molecule has 0 bridgehead atoms. The molecule has 1 N–H and O–H groups in total. The molecule has 1 aromatic heterocycles. The van der Waals surface area contributed by atoms with Crippen molar-refractivity contribution in [2.24, 2.45) is 0 Å². The molecular weight excluding hydrogens is 288 g/mol. The van der Waals surface area contributed by atoms with Crippen LogP contribution >= 0.6 is 0 Å². The van der Waals surface area contributed by atoms with Crippen molar-refractivity contribution in [3.8, 4) is 11.3 Å². The van der Waals surface area contributed by atoms with Gasteiger partial charge in [0.25, 0.3) is 0 Å². The fraction of sp³-hybridized carbons (Fsp3) is 0.158. The number of anilines is 1. The average Bonchev–Trinajstić information content (AvgIpc) is 2.54. The number of carbonyl (C=O) groups is 1. The van der Waals surface area contributed by atoms with Crippen molar-refractivity contribution in [3.05, 3.63) is 60.3 Å². The number of fused-ring (bicyclic) bond motifs is 1. The maximum Gasteiger partial charge on any atom is 0.307 e. The van der Waals surface area contributed by atoms with E-state index in [2.05, 4.69) is 17.1 Å². The minimum absolute atomic E-state index is 0.0142. The molecule has 0 saturated carbocycles. The Bertz CT molecular complexity index is 855. The number of hydrogen-bond donors (Lipinski definition) is 1. The van der Waals surface area contributed by atoms with Gasteiger partial charge in [-0.25, -0.2) is 0 Å². The molecule has 0 aliphatic carbocycles. The van der Waals surface area contributed by atoms with Crippen molar-refractivity contribution in [2.75, 3.05) is 19.0 Å². The highest BCUT2D eigenvalue weighted by Crippen LogP contribution is 2.29. The molecular formula is C19H18N2O2. The van der Waals surface area contributed by atoms with Gasteiger partial charge in [0.15, 0.2) is 0 Å². The van der Waals surface area contributed by atoms with Crippen molar-refractivity contribution < 1.29 is 9.90 Å². The summed E-state index contributed by atoms with van der Waals surface area (Å²) in [4.78, 5) is 17.6. The minimum atomic E-state index is -0.828. The molecule has 23 heavy (non-hydrogen) atoms. The summed E-state index contributed by atoms with van der Waals surface area (Å²) in [6.45, 7) is 0. The summed E-state index contributed by atoms with van der Waals surface area (Å²) in [6.07, 6.45) is 1.75. The van der Waals surface area contributed by atoms with Crippen LogP contribution in [0.1, 0.15) is 5.56 Å². The van der Waals surface area contributed by atoms with Crippen molar-refractivity contribution in [1.29, 1.82) is 0 Å². The van der Waals surface area contributed by atoms with Gasteiger partial charge in [0.2, 0.25) is 0 Å². The number of carboxylic acid groups (broad SMARTS) is 1. The van der Waals surface area contributed by atoms with Gasteiger partial charge in [0.05, 0.1) is 12.1 Å². The summed E-state index contributed by atoms with van der Waals surface area (Å²) in [6, 6.07) is 15.8. The molecule has 116 valence electrons. The van der Waals surface area contributed by atoms with Crippen LogP contribution in [-0.2, 0) is 11.2 Å². The normalized spacial score (nSPS) is 10.7. The topological polar surface area (TPSA) is 53.4 Å². The Kier molecular flexibility index (Phi) is 3.98. The largest absolute Gasteiger partial charge is 0.481 e. The Hall–Kier alpha value is -2.88. The summed E-state index contributed by atoms with van der Waals surface area (Å²) in [5.41, 5.74) is 3.83. The maximum atomic E-state index is 11.0. The van der Waals surface area contributed by atoms with Crippen LogP contribution in [-0.4, -0.2) is 30.2 Å². The quantitative estimate of drug-likeness (QED) is 0.800. The first-order valence-corrected chi connectivity index (χ1v) is 7.42. The minimum Gasteiger partial charge on any atom is -0.481 e. The fourth-order valence-corrected chi connectivity index (χ4v) is 2.74. The molecule has 3 aromatic rings. The first-order valence-electron chi connectivity index (χ1n) is 7.42. The van der Waals surface area contributed by atoms with Gasteiger partial charge in [-0.05, 0) is 29.1 Å². The monoisotopic (exact) mass is 306 g/mol. The van der Waals surface area contributed by atoms with Crippen LogP contribution in [0.2, 0.25) is 0 Å². The van der Waals surface area contributed by atoms with E-state index in [0.29, 0.717) is 0 Å². The summed E-state index contributed by atoms with van der Waals surface area (Å²) in [5, 5.41) is 11.0. The zero-order valence-electron chi connectivity index (χ0n) is 13.2. The van der Waals surface area contributed by atoms with E-state index < -0.39 is 5.97 Å². The molecule has 1 heterocycles. The fourth-order valence-electron chi connectivity index (χ4n) is 2.74. The van der Waals surface area contributed by atoms with Crippen LogP contribution < -0.4 is 4.90 Å². The molecule has 4 nitrogen and oxygen atoms in total. The Morgan fingerprint density at radius 3 is 2.43 bits per heavy atom. The third-order valence-corrected chi connectivity index (χ3v) is 3.90. The van der Waals surface area contributed by atoms with E-state index in [4.69, 9.17) is 5.11 Å². The molecule has 0 radical (unpaired) electrons. The Morgan fingerprint density at radius 1 is 1.04 bits per heavy atom. The van der Waals surface area contributed by atoms with Crippen LogP contribution in [0.25, 0.3) is 22.0 Å². The lowest BCUT2D eigenvalue weighted by Gasteiger charge is -2.13. The molecule has 2 aromatic carbocycles. The zero-order chi connectivity index (χ0) is 16.4. The number of rotatable bonds is 4. The summed E-state index contributed by atoms with van der Waals surface area (Å²) < 4.78 is 0. The van der Waals surface area contributed by atoms with E-state index in [1.54, 1.807) is 6.20 Å². The first kappa shape index (κ1) is 15.0. The molecule has 0 amide bonds. The summed E-state index contributed by atoms with van der Waals surface area (Å²) >= 11 is 0. The second-order valence-electron chi connectivity index (χ2n) is 5.68. The smallest absolute Gasteiger partial charge is 0.307 e. The van der Waals surface area contributed by atoms with Gasteiger partial charge in [-0.15, -0.1) is 0 Å². The standard InChI is InChI=1S/C19H18N2O2/c1-21(2)15-8-6-13(7-9-15)19-17-5-3-4-14(12-18(22)23)16(17)10-11-20-19/h3-11H,12H2,1-2H3,(H,22,23). The highest BCUT2D eigenvalue weighted by molar-refractivity contribution is 5.97. The van der Waals surface area contributed by atoms with E-state index in [0.717, 1.165) is 33.3 Å². The van der Waals surface area contributed by atoms with Crippen LogP contribution in [0, 0.1) is 0 Å². The van der Waals surface area contributed by atoms with E-state index in [1.807, 2.05) is 55.4 Å². The third kappa shape index (κ3) is 3.01. The van der Waals surface area contributed by atoms with E-state index in [9.17, 15) is 4.79 Å². The Balaban J connectivity index is 2.13. The van der Waals surface area contributed by atoms with Gasteiger partial charge in [-0.3, -0.25) is 9.78 Å². The van der Waals surface area contributed by atoms with E-state index in [1.165, 1.54) is 0 Å². The Morgan fingerprint density at radius 2 is 1.78 bits per heavy atom. The van der Waals surface area contributed by atoms with Gasteiger partial charge < -0.3 is 10.0 Å². The number of aromatic nitrogens is 1. The molecule has 0 atom stereocenters.